The van der Waals surface area contributed by atoms with Gasteiger partial charge in [0.05, 0.1) is 7.11 Å². The van der Waals surface area contributed by atoms with E-state index in [2.05, 4.69) is 17.0 Å². The summed E-state index contributed by atoms with van der Waals surface area (Å²) >= 11 is 0. The Balaban J connectivity index is 0.00000342. The van der Waals surface area contributed by atoms with Gasteiger partial charge in [-0.3, -0.25) is 9.69 Å². The van der Waals surface area contributed by atoms with Gasteiger partial charge in [0.15, 0.2) is 11.5 Å². The summed E-state index contributed by atoms with van der Waals surface area (Å²) in [5.41, 5.74) is 9.51. The lowest BCUT2D eigenvalue weighted by molar-refractivity contribution is -0.112. The summed E-state index contributed by atoms with van der Waals surface area (Å²) in [4.78, 5) is 14.8. The summed E-state index contributed by atoms with van der Waals surface area (Å²) in [6.07, 6.45) is 4.22. The molecule has 1 fully saturated rings. The van der Waals surface area contributed by atoms with E-state index in [0.717, 1.165) is 17.9 Å². The molecule has 0 unspecified atom stereocenters. The molecule has 1 saturated heterocycles. The molecule has 0 spiro atoms. The van der Waals surface area contributed by atoms with Crippen LogP contribution in [0.2, 0.25) is 0 Å². The van der Waals surface area contributed by atoms with Crippen molar-refractivity contribution >= 4 is 30.0 Å². The van der Waals surface area contributed by atoms with Crippen LogP contribution in [0.3, 0.4) is 0 Å². The number of nitrogens with two attached hydrogens (primary N) is 1. The Bertz CT molecular complexity index is 1170. The van der Waals surface area contributed by atoms with Crippen LogP contribution in [0.5, 0.6) is 17.2 Å². The largest absolute Gasteiger partial charge is 0.504 e. The lowest BCUT2D eigenvalue weighted by Crippen LogP contribution is -2.18. The second kappa shape index (κ2) is 12.3. The van der Waals surface area contributed by atoms with Crippen molar-refractivity contribution in [3.63, 3.8) is 0 Å². The van der Waals surface area contributed by atoms with Crippen molar-refractivity contribution in [1.29, 1.82) is 0 Å². The lowest BCUT2D eigenvalue weighted by atomic mass is 9.97. The van der Waals surface area contributed by atoms with Crippen molar-refractivity contribution < 1.29 is 19.4 Å². The van der Waals surface area contributed by atoms with Gasteiger partial charge in [0.25, 0.3) is 0 Å². The van der Waals surface area contributed by atoms with Gasteiger partial charge in [0, 0.05) is 12.1 Å². The van der Waals surface area contributed by atoms with Crippen LogP contribution in [-0.4, -0.2) is 36.1 Å². The van der Waals surface area contributed by atoms with Crippen molar-refractivity contribution in [1.82, 2.24) is 4.90 Å². The molecule has 6 nitrogen and oxygen atoms in total. The Kier molecular flexibility index (Phi) is 9.18. The van der Waals surface area contributed by atoms with Crippen LogP contribution in [0, 0.1) is 0 Å². The fourth-order valence-corrected chi connectivity index (χ4v) is 4.21. The van der Waals surface area contributed by atoms with Crippen LogP contribution < -0.4 is 15.2 Å². The van der Waals surface area contributed by atoms with Gasteiger partial charge in [-0.1, -0.05) is 42.5 Å². The minimum atomic E-state index is -0.561. The predicted molar refractivity (Wildman–Crippen MR) is 141 cm³/mol. The maximum Gasteiger partial charge on any atom is 0.249 e. The maximum absolute atomic E-state index is 12.3. The zero-order valence-electron chi connectivity index (χ0n) is 19.8. The second-order valence-corrected chi connectivity index (χ2v) is 8.43. The van der Waals surface area contributed by atoms with E-state index in [-0.39, 0.29) is 18.2 Å². The molecule has 1 amide bonds. The summed E-state index contributed by atoms with van der Waals surface area (Å²) in [6.45, 7) is 3.60. The van der Waals surface area contributed by atoms with Crippen LogP contribution >= 0.6 is 12.4 Å². The molecule has 4 rings (SSSR count). The Morgan fingerprint density at radius 3 is 2.43 bits per heavy atom. The van der Waals surface area contributed by atoms with Gasteiger partial charge in [-0.2, -0.15) is 0 Å². The predicted octanol–water partition coefficient (Wildman–Crippen LogP) is 5.02. The van der Waals surface area contributed by atoms with E-state index in [1.165, 1.54) is 44.7 Å². The molecule has 0 radical (unpaired) electrons. The number of aromatic hydroxyl groups is 1. The number of benzene rings is 3. The second-order valence-electron chi connectivity index (χ2n) is 8.43. The highest BCUT2D eigenvalue weighted by atomic mass is 35.5. The molecule has 184 valence electrons. The number of hydrogen-bond acceptors (Lipinski definition) is 5. The highest BCUT2D eigenvalue weighted by molar-refractivity contribution is 6.23. The Labute approximate surface area is 212 Å². The Morgan fingerprint density at radius 2 is 1.77 bits per heavy atom. The molecular weight excluding hydrogens is 464 g/mol. The van der Waals surface area contributed by atoms with Crippen LogP contribution in [0.25, 0.3) is 11.6 Å². The van der Waals surface area contributed by atoms with Gasteiger partial charge in [0.1, 0.15) is 12.4 Å². The smallest absolute Gasteiger partial charge is 0.249 e. The highest BCUT2D eigenvalue weighted by Gasteiger charge is 2.15. The number of primary amides is 1. The lowest BCUT2D eigenvalue weighted by Gasteiger charge is -2.15. The number of phenols is 1. The van der Waals surface area contributed by atoms with Crippen LogP contribution in [0.1, 0.15) is 35.1 Å². The number of phenolic OH excluding ortho intramolecular Hbond substituents is 1. The van der Waals surface area contributed by atoms with Crippen molar-refractivity contribution in [3.05, 3.63) is 89.0 Å². The number of methoxy groups -OCH3 is 1. The average Bonchev–Trinajstić information content (AvgIpc) is 3.35. The van der Waals surface area contributed by atoms with Gasteiger partial charge in [-0.05, 0) is 78.5 Å². The zero-order valence-corrected chi connectivity index (χ0v) is 20.6. The SMILES string of the molecule is COc1ccc(/C=C(/C(N)=O)c2ccccc2COc2ccc(CN3CCCC3)cc2)cc1O.Cl. The number of hydrogen-bond donors (Lipinski definition) is 2. The minimum Gasteiger partial charge on any atom is -0.504 e. The van der Waals surface area contributed by atoms with Gasteiger partial charge in [0.2, 0.25) is 5.91 Å². The number of likely N-dealkylation sites (tertiary alicyclic amines) is 1. The normalized spacial score (nSPS) is 13.8. The fraction of sp³-hybridized carbons (Fsp3) is 0.250. The molecule has 0 aromatic heterocycles. The maximum atomic E-state index is 12.3. The Morgan fingerprint density at radius 1 is 1.06 bits per heavy atom. The van der Waals surface area contributed by atoms with Crippen molar-refractivity contribution in [2.24, 2.45) is 5.73 Å². The monoisotopic (exact) mass is 494 g/mol. The number of carbonyl (C=O) groups excluding carboxylic acids is 1. The molecule has 1 aliphatic heterocycles. The van der Waals surface area contributed by atoms with E-state index < -0.39 is 5.91 Å². The highest BCUT2D eigenvalue weighted by Crippen LogP contribution is 2.29. The summed E-state index contributed by atoms with van der Waals surface area (Å²) in [5, 5.41) is 10.1. The van der Waals surface area contributed by atoms with Gasteiger partial charge >= 0.3 is 0 Å². The average molecular weight is 495 g/mol. The molecule has 0 aliphatic carbocycles. The van der Waals surface area contributed by atoms with Crippen LogP contribution in [0.4, 0.5) is 0 Å². The molecule has 3 N–H and O–H groups in total. The van der Waals surface area contributed by atoms with Crippen LogP contribution in [-0.2, 0) is 17.9 Å². The number of ether oxygens (including phenoxy) is 2. The summed E-state index contributed by atoms with van der Waals surface area (Å²) < 4.78 is 11.1. The molecule has 0 atom stereocenters. The third kappa shape index (κ3) is 6.78. The Hall–Kier alpha value is -3.48. The fourth-order valence-electron chi connectivity index (χ4n) is 4.21. The van der Waals surface area contributed by atoms with Gasteiger partial charge in [-0.25, -0.2) is 0 Å². The first-order chi connectivity index (χ1) is 16.5. The van der Waals surface area contributed by atoms with Gasteiger partial charge < -0.3 is 20.3 Å². The molecule has 3 aromatic carbocycles. The summed E-state index contributed by atoms with van der Waals surface area (Å²) in [5.74, 6) is 0.557. The van der Waals surface area contributed by atoms with E-state index >= 15 is 0 Å². The number of carbonyl (C=O) groups is 1. The van der Waals surface area contributed by atoms with E-state index in [9.17, 15) is 9.90 Å². The molecular formula is C28H31ClN2O4. The number of halogens is 1. The first kappa shape index (κ1) is 26.1. The standard InChI is InChI=1S/C28H30N2O4.ClH/c1-33-27-13-10-21(17-26(27)31)16-25(28(29)32)24-7-3-2-6-22(24)19-34-23-11-8-20(9-12-23)18-30-14-4-5-15-30;/h2-3,6-13,16-17,31H,4-5,14-15,18-19H2,1H3,(H2,29,32);1H/b25-16+;. The van der Waals surface area contributed by atoms with E-state index in [0.29, 0.717) is 29.1 Å². The van der Waals surface area contributed by atoms with Gasteiger partial charge in [-0.15, -0.1) is 12.4 Å². The zero-order chi connectivity index (χ0) is 23.9. The third-order valence-corrected chi connectivity index (χ3v) is 6.01. The van der Waals surface area contributed by atoms with Crippen molar-refractivity contribution in [3.8, 4) is 17.2 Å². The summed E-state index contributed by atoms with van der Waals surface area (Å²) in [6, 6.07) is 20.6. The van der Waals surface area contributed by atoms with E-state index in [1.807, 2.05) is 36.4 Å². The number of rotatable bonds is 9. The van der Waals surface area contributed by atoms with E-state index in [4.69, 9.17) is 15.2 Å². The molecule has 0 bridgehead atoms. The first-order valence-electron chi connectivity index (χ1n) is 11.4. The number of nitrogens with zero attached hydrogens (tertiary/aromatic N) is 1. The first-order valence-corrected chi connectivity index (χ1v) is 11.4. The molecule has 3 aromatic rings. The topological polar surface area (TPSA) is 85.0 Å². The molecule has 7 heteroatoms. The van der Waals surface area contributed by atoms with E-state index in [1.54, 1.807) is 18.2 Å². The molecule has 35 heavy (non-hydrogen) atoms. The van der Waals surface area contributed by atoms with Crippen molar-refractivity contribution in [2.45, 2.75) is 26.0 Å². The number of amides is 1. The quantitative estimate of drug-likeness (QED) is 0.322. The van der Waals surface area contributed by atoms with Crippen LogP contribution in [0.15, 0.2) is 66.7 Å². The minimum absolute atomic E-state index is 0. The molecule has 1 aliphatic rings. The van der Waals surface area contributed by atoms with Crippen molar-refractivity contribution in [2.75, 3.05) is 20.2 Å². The molecule has 1 heterocycles. The third-order valence-electron chi connectivity index (χ3n) is 6.01. The molecule has 0 saturated carbocycles. The summed E-state index contributed by atoms with van der Waals surface area (Å²) in [7, 11) is 1.48.